The summed E-state index contributed by atoms with van der Waals surface area (Å²) < 4.78 is 35.5. The number of aryl methyl sites for hydroxylation is 1. The van der Waals surface area contributed by atoms with Crippen LogP contribution in [-0.4, -0.2) is 48.5 Å². The molecule has 0 radical (unpaired) electrons. The van der Waals surface area contributed by atoms with Crippen LogP contribution in [0.25, 0.3) is 0 Å². The summed E-state index contributed by atoms with van der Waals surface area (Å²) in [6, 6.07) is 9.02. The lowest BCUT2D eigenvalue weighted by Gasteiger charge is -2.34. The van der Waals surface area contributed by atoms with Crippen molar-refractivity contribution in [1.82, 2.24) is 15.1 Å². The average molecular weight is 380 g/mol. The van der Waals surface area contributed by atoms with E-state index in [-0.39, 0.29) is 17.6 Å². The number of nitrogens with zero attached hydrogens (tertiary/aromatic N) is 3. The van der Waals surface area contributed by atoms with Crippen LogP contribution >= 0.6 is 0 Å². The Balaban J connectivity index is 1.57. The van der Waals surface area contributed by atoms with Crippen LogP contribution in [0.2, 0.25) is 0 Å². The zero-order chi connectivity index (χ0) is 19.4. The number of aromatic nitrogens is 2. The van der Waals surface area contributed by atoms with Gasteiger partial charge in [-0.15, -0.1) is 0 Å². The van der Waals surface area contributed by atoms with E-state index in [2.05, 4.69) is 20.1 Å². The molecular formula is C18H22F2N4O3. The predicted octanol–water partition coefficient (Wildman–Crippen LogP) is 2.43. The van der Waals surface area contributed by atoms with Crippen LogP contribution in [0.3, 0.4) is 0 Å². The van der Waals surface area contributed by atoms with E-state index in [0.717, 1.165) is 42.0 Å². The van der Waals surface area contributed by atoms with Gasteiger partial charge in [0.2, 0.25) is 5.88 Å². The van der Waals surface area contributed by atoms with Crippen molar-refractivity contribution in [1.29, 1.82) is 0 Å². The van der Waals surface area contributed by atoms with E-state index in [9.17, 15) is 13.6 Å². The minimum Gasteiger partial charge on any atom is -0.495 e. The molecular weight excluding hydrogens is 358 g/mol. The molecule has 1 fully saturated rings. The monoisotopic (exact) mass is 380 g/mol. The molecule has 0 aliphatic carbocycles. The largest absolute Gasteiger partial charge is 0.495 e. The van der Waals surface area contributed by atoms with Crippen LogP contribution in [0.1, 0.15) is 23.3 Å². The first-order valence-corrected chi connectivity index (χ1v) is 8.65. The molecule has 1 amide bonds. The second-order valence-corrected chi connectivity index (χ2v) is 6.28. The standard InChI is InChI=1S/C18H22F2N4O3/c1-23-16(27-18(19)20)11-13(22-23)17(25)21-12-7-9-24(10-8-12)14-5-3-4-6-15(14)26-2/h3-6,11-12,18H,7-10H2,1-2H3,(H,21,25). The van der Waals surface area contributed by atoms with Crippen molar-refractivity contribution in [3.8, 4) is 11.6 Å². The Kier molecular flexibility index (Phi) is 5.78. The average Bonchev–Trinajstić information content (AvgIpc) is 3.02. The van der Waals surface area contributed by atoms with E-state index in [1.165, 1.54) is 13.1 Å². The van der Waals surface area contributed by atoms with E-state index >= 15 is 0 Å². The third-order valence-electron chi connectivity index (χ3n) is 4.54. The number of rotatable bonds is 6. The predicted molar refractivity (Wildman–Crippen MR) is 95.5 cm³/mol. The third-order valence-corrected chi connectivity index (χ3v) is 4.54. The van der Waals surface area contributed by atoms with Gasteiger partial charge in [-0.1, -0.05) is 12.1 Å². The quantitative estimate of drug-likeness (QED) is 0.834. The van der Waals surface area contributed by atoms with Gasteiger partial charge in [-0.05, 0) is 25.0 Å². The molecule has 3 rings (SSSR count). The Morgan fingerprint density at radius 2 is 2.00 bits per heavy atom. The molecule has 0 saturated carbocycles. The van der Waals surface area contributed by atoms with E-state index < -0.39 is 12.5 Å². The number of nitrogens with one attached hydrogen (secondary N) is 1. The van der Waals surface area contributed by atoms with Crippen molar-refractivity contribution >= 4 is 11.6 Å². The maximum Gasteiger partial charge on any atom is 0.388 e. The van der Waals surface area contributed by atoms with Crippen LogP contribution in [-0.2, 0) is 7.05 Å². The van der Waals surface area contributed by atoms with Gasteiger partial charge in [0.25, 0.3) is 5.91 Å². The van der Waals surface area contributed by atoms with Crippen molar-refractivity contribution < 1.29 is 23.0 Å². The summed E-state index contributed by atoms with van der Waals surface area (Å²) in [6.45, 7) is -1.42. The molecule has 0 bridgehead atoms. The van der Waals surface area contributed by atoms with E-state index in [4.69, 9.17) is 4.74 Å². The fourth-order valence-corrected chi connectivity index (χ4v) is 3.18. The molecule has 146 valence electrons. The molecule has 1 aliphatic rings. The molecule has 7 nitrogen and oxygen atoms in total. The number of halogens is 2. The van der Waals surface area contributed by atoms with Crippen LogP contribution in [0.4, 0.5) is 14.5 Å². The summed E-state index contributed by atoms with van der Waals surface area (Å²) in [6.07, 6.45) is 1.52. The highest BCUT2D eigenvalue weighted by atomic mass is 19.3. The highest BCUT2D eigenvalue weighted by Gasteiger charge is 2.24. The van der Waals surface area contributed by atoms with Gasteiger partial charge in [0.05, 0.1) is 12.8 Å². The van der Waals surface area contributed by atoms with Crippen LogP contribution in [0.5, 0.6) is 11.6 Å². The smallest absolute Gasteiger partial charge is 0.388 e. The molecule has 0 spiro atoms. The van der Waals surface area contributed by atoms with E-state index in [0.29, 0.717) is 0 Å². The number of methoxy groups -OCH3 is 1. The molecule has 27 heavy (non-hydrogen) atoms. The number of piperidine rings is 1. The third kappa shape index (κ3) is 4.47. The van der Waals surface area contributed by atoms with Gasteiger partial charge in [0, 0.05) is 32.2 Å². The SMILES string of the molecule is COc1ccccc1N1CCC(NC(=O)c2cc(OC(F)F)n(C)n2)CC1. The van der Waals surface area contributed by atoms with Crippen molar-refractivity contribution in [2.24, 2.45) is 7.05 Å². The van der Waals surface area contributed by atoms with Gasteiger partial charge in [-0.3, -0.25) is 4.79 Å². The van der Waals surface area contributed by atoms with E-state index in [1.54, 1.807) is 7.11 Å². The minimum absolute atomic E-state index is 0.00932. The van der Waals surface area contributed by atoms with Gasteiger partial charge >= 0.3 is 6.61 Å². The lowest BCUT2D eigenvalue weighted by Crippen LogP contribution is -2.44. The summed E-state index contributed by atoms with van der Waals surface area (Å²) in [4.78, 5) is 14.6. The lowest BCUT2D eigenvalue weighted by atomic mass is 10.0. The van der Waals surface area contributed by atoms with Crippen LogP contribution in [0, 0.1) is 0 Å². The summed E-state index contributed by atoms with van der Waals surface area (Å²) in [5.74, 6) is 0.270. The van der Waals surface area contributed by atoms with Gasteiger partial charge < -0.3 is 19.7 Å². The van der Waals surface area contributed by atoms with Gasteiger partial charge in [-0.25, -0.2) is 4.68 Å². The molecule has 1 aliphatic heterocycles. The highest BCUT2D eigenvalue weighted by Crippen LogP contribution is 2.30. The number of hydrogen-bond acceptors (Lipinski definition) is 5. The number of anilines is 1. The molecule has 0 unspecified atom stereocenters. The Hall–Kier alpha value is -2.84. The summed E-state index contributed by atoms with van der Waals surface area (Å²) in [7, 11) is 3.09. The number of hydrogen-bond donors (Lipinski definition) is 1. The van der Waals surface area contributed by atoms with Gasteiger partial charge in [-0.2, -0.15) is 13.9 Å². The molecule has 1 aromatic heterocycles. The molecule has 1 saturated heterocycles. The van der Waals surface area contributed by atoms with Crippen LogP contribution < -0.4 is 19.7 Å². The first kappa shape index (κ1) is 18.9. The number of amides is 1. The number of ether oxygens (including phenoxy) is 2. The normalized spacial score (nSPS) is 15.1. The maximum atomic E-state index is 12.4. The van der Waals surface area contributed by atoms with Crippen molar-refractivity contribution in [2.45, 2.75) is 25.5 Å². The second-order valence-electron chi connectivity index (χ2n) is 6.28. The number of carbonyl (C=O) groups excluding carboxylic acids is 1. The molecule has 9 heteroatoms. The Morgan fingerprint density at radius 3 is 2.67 bits per heavy atom. The van der Waals surface area contributed by atoms with Crippen molar-refractivity contribution in [2.75, 3.05) is 25.1 Å². The fourth-order valence-electron chi connectivity index (χ4n) is 3.18. The minimum atomic E-state index is -2.96. The van der Waals surface area contributed by atoms with Crippen molar-refractivity contribution in [3.05, 3.63) is 36.0 Å². The number of para-hydroxylation sites is 2. The Bertz CT molecular complexity index is 789. The number of alkyl halides is 2. The number of benzene rings is 1. The highest BCUT2D eigenvalue weighted by molar-refractivity contribution is 5.92. The maximum absolute atomic E-state index is 12.4. The molecule has 1 aromatic carbocycles. The molecule has 0 atom stereocenters. The van der Waals surface area contributed by atoms with Gasteiger partial charge in [0.1, 0.15) is 5.75 Å². The fraction of sp³-hybridized carbons (Fsp3) is 0.444. The van der Waals surface area contributed by atoms with Gasteiger partial charge in [0.15, 0.2) is 5.69 Å². The first-order valence-electron chi connectivity index (χ1n) is 8.65. The zero-order valence-corrected chi connectivity index (χ0v) is 15.2. The zero-order valence-electron chi connectivity index (χ0n) is 15.2. The van der Waals surface area contributed by atoms with E-state index in [1.807, 2.05) is 24.3 Å². The number of carbonyl (C=O) groups is 1. The topological polar surface area (TPSA) is 68.6 Å². The summed E-state index contributed by atoms with van der Waals surface area (Å²) in [5.41, 5.74) is 1.09. The Morgan fingerprint density at radius 1 is 1.30 bits per heavy atom. The Labute approximate surface area is 155 Å². The molecule has 1 N–H and O–H groups in total. The lowest BCUT2D eigenvalue weighted by molar-refractivity contribution is -0.0553. The second kappa shape index (κ2) is 8.24. The van der Waals surface area contributed by atoms with Crippen molar-refractivity contribution in [3.63, 3.8) is 0 Å². The molecule has 2 heterocycles. The first-order chi connectivity index (χ1) is 13.0. The van der Waals surface area contributed by atoms with Crippen LogP contribution in [0.15, 0.2) is 30.3 Å². The summed E-state index contributed by atoms with van der Waals surface area (Å²) in [5, 5.41) is 6.85. The molecule has 2 aromatic rings. The summed E-state index contributed by atoms with van der Waals surface area (Å²) >= 11 is 0.